The molecule has 0 aromatic carbocycles. The van der Waals surface area contributed by atoms with Gasteiger partial charge in [-0.15, -0.1) is 0 Å². The van der Waals surface area contributed by atoms with Crippen LogP contribution in [0, 0.1) is 5.92 Å². The predicted molar refractivity (Wildman–Crippen MR) is 64.1 cm³/mol. The summed E-state index contributed by atoms with van der Waals surface area (Å²) < 4.78 is 0. The van der Waals surface area contributed by atoms with Gasteiger partial charge in [0, 0.05) is 18.8 Å². The van der Waals surface area contributed by atoms with E-state index in [2.05, 4.69) is 5.32 Å². The summed E-state index contributed by atoms with van der Waals surface area (Å²) in [6.07, 6.45) is 3.85. The van der Waals surface area contributed by atoms with Crippen LogP contribution in [0.25, 0.3) is 0 Å². The zero-order valence-electron chi connectivity index (χ0n) is 9.37. The lowest BCUT2D eigenvalue weighted by Crippen LogP contribution is -2.42. The smallest absolute Gasteiger partial charge is 0.236 e. The van der Waals surface area contributed by atoms with Crippen molar-refractivity contribution in [3.63, 3.8) is 0 Å². The van der Waals surface area contributed by atoms with Gasteiger partial charge in [-0.2, -0.15) is 11.8 Å². The van der Waals surface area contributed by atoms with Crippen LogP contribution in [-0.2, 0) is 4.79 Å². The molecule has 15 heavy (non-hydrogen) atoms. The van der Waals surface area contributed by atoms with E-state index in [9.17, 15) is 4.79 Å². The molecule has 2 aliphatic rings. The highest BCUT2D eigenvalue weighted by Crippen LogP contribution is 2.27. The number of nitrogens with zero attached hydrogens (tertiary/aromatic N) is 1. The summed E-state index contributed by atoms with van der Waals surface area (Å²) in [7, 11) is 1.94. The Hall–Kier alpha value is -0.220. The molecule has 0 aromatic heterocycles. The predicted octanol–water partition coefficient (Wildman–Crippen LogP) is 0.950. The summed E-state index contributed by atoms with van der Waals surface area (Å²) in [5, 5.41) is 3.25. The summed E-state index contributed by atoms with van der Waals surface area (Å²) in [5.41, 5.74) is 0. The number of thioether (sulfide) groups is 1. The lowest BCUT2D eigenvalue weighted by molar-refractivity contribution is -0.130. The van der Waals surface area contributed by atoms with Gasteiger partial charge in [0.1, 0.15) is 0 Å². The Balaban J connectivity index is 1.64. The van der Waals surface area contributed by atoms with Crippen molar-refractivity contribution in [3.05, 3.63) is 0 Å². The fraction of sp³-hybridized carbons (Fsp3) is 0.909. The highest BCUT2D eigenvalue weighted by Gasteiger charge is 2.24. The zero-order valence-corrected chi connectivity index (χ0v) is 10.2. The van der Waals surface area contributed by atoms with Gasteiger partial charge in [-0.1, -0.05) is 0 Å². The topological polar surface area (TPSA) is 32.3 Å². The van der Waals surface area contributed by atoms with Crippen molar-refractivity contribution in [2.24, 2.45) is 5.92 Å². The fourth-order valence-electron chi connectivity index (χ4n) is 1.86. The molecular formula is C11H20N2OS. The van der Waals surface area contributed by atoms with Gasteiger partial charge in [-0.3, -0.25) is 4.79 Å². The number of carbonyl (C=O) groups is 1. The first kappa shape index (κ1) is 11.3. The molecule has 0 spiro atoms. The summed E-state index contributed by atoms with van der Waals surface area (Å²) in [6, 6.07) is 0.477. The second-order valence-corrected chi connectivity index (χ2v) is 5.75. The van der Waals surface area contributed by atoms with Crippen molar-refractivity contribution in [1.29, 1.82) is 0 Å². The number of hydrogen-bond donors (Lipinski definition) is 1. The Kier molecular flexibility index (Phi) is 3.92. The number of rotatable bonds is 5. The first-order valence-corrected chi connectivity index (χ1v) is 6.97. The van der Waals surface area contributed by atoms with Crippen LogP contribution in [0.15, 0.2) is 0 Å². The molecule has 0 bridgehead atoms. The van der Waals surface area contributed by atoms with E-state index in [0.717, 1.165) is 24.6 Å². The lowest BCUT2D eigenvalue weighted by atomic mass is 10.2. The highest BCUT2D eigenvalue weighted by atomic mass is 32.2. The Labute approximate surface area is 96.0 Å². The third-order valence-corrected chi connectivity index (χ3v) is 4.40. The maximum absolute atomic E-state index is 11.8. The van der Waals surface area contributed by atoms with Crippen LogP contribution in [0.5, 0.6) is 0 Å². The van der Waals surface area contributed by atoms with Gasteiger partial charge in [0.25, 0.3) is 0 Å². The van der Waals surface area contributed by atoms with Gasteiger partial charge in [-0.05, 0) is 37.5 Å². The summed E-state index contributed by atoms with van der Waals surface area (Å²) in [4.78, 5) is 13.7. The largest absolute Gasteiger partial charge is 0.341 e. The minimum atomic E-state index is 0.253. The molecule has 1 heterocycles. The van der Waals surface area contributed by atoms with Crippen molar-refractivity contribution >= 4 is 17.7 Å². The van der Waals surface area contributed by atoms with E-state index in [1.54, 1.807) is 0 Å². The molecule has 86 valence electrons. The molecule has 1 saturated heterocycles. The normalized spacial score (nSPS) is 25.5. The standard InChI is InChI=1S/C11H20N2OS/c1-13(10-4-5-15-8-10)11(14)7-12-6-9-2-3-9/h9-10,12H,2-8H2,1H3. The molecule has 1 unspecified atom stereocenters. The van der Waals surface area contributed by atoms with Crippen LogP contribution in [0.3, 0.4) is 0 Å². The summed E-state index contributed by atoms with van der Waals surface area (Å²) in [5.74, 6) is 3.43. The maximum Gasteiger partial charge on any atom is 0.236 e. The monoisotopic (exact) mass is 228 g/mol. The van der Waals surface area contributed by atoms with Crippen LogP contribution in [0.1, 0.15) is 19.3 Å². The molecule has 1 aliphatic carbocycles. The molecule has 1 saturated carbocycles. The number of nitrogens with one attached hydrogen (secondary N) is 1. The molecule has 1 amide bonds. The van der Waals surface area contributed by atoms with E-state index in [1.165, 1.54) is 18.6 Å². The molecule has 2 rings (SSSR count). The molecule has 2 fully saturated rings. The van der Waals surface area contributed by atoms with Crippen LogP contribution in [0.4, 0.5) is 0 Å². The second-order valence-electron chi connectivity index (χ2n) is 4.60. The SMILES string of the molecule is CN(C(=O)CNCC1CC1)C1CCSC1. The number of likely N-dealkylation sites (N-methyl/N-ethyl adjacent to an activating group) is 1. The first-order chi connectivity index (χ1) is 7.27. The molecule has 0 aromatic rings. The van der Waals surface area contributed by atoms with Crippen LogP contribution in [-0.4, -0.2) is 48.5 Å². The quantitative estimate of drug-likeness (QED) is 0.760. The lowest BCUT2D eigenvalue weighted by Gasteiger charge is -2.23. The Bertz CT molecular complexity index is 225. The molecule has 1 atom stereocenters. The Morgan fingerprint density at radius 3 is 2.87 bits per heavy atom. The van der Waals surface area contributed by atoms with Crippen LogP contribution < -0.4 is 5.32 Å². The molecule has 1 aliphatic heterocycles. The van der Waals surface area contributed by atoms with Gasteiger partial charge in [0.2, 0.25) is 5.91 Å². The maximum atomic E-state index is 11.8. The van der Waals surface area contributed by atoms with Crippen molar-refractivity contribution in [3.8, 4) is 0 Å². The number of hydrogen-bond acceptors (Lipinski definition) is 3. The van der Waals surface area contributed by atoms with Gasteiger partial charge in [-0.25, -0.2) is 0 Å². The van der Waals surface area contributed by atoms with Crippen molar-refractivity contribution in [2.75, 3.05) is 31.6 Å². The third-order valence-electron chi connectivity index (χ3n) is 3.25. The Morgan fingerprint density at radius 1 is 1.47 bits per heavy atom. The fourth-order valence-corrected chi connectivity index (χ4v) is 3.13. The van der Waals surface area contributed by atoms with E-state index in [0.29, 0.717) is 12.6 Å². The van der Waals surface area contributed by atoms with Crippen molar-refractivity contribution in [1.82, 2.24) is 10.2 Å². The minimum Gasteiger partial charge on any atom is -0.341 e. The minimum absolute atomic E-state index is 0.253. The first-order valence-electron chi connectivity index (χ1n) is 5.81. The van der Waals surface area contributed by atoms with E-state index in [1.807, 2.05) is 23.7 Å². The zero-order chi connectivity index (χ0) is 10.7. The molecule has 4 heteroatoms. The number of carbonyl (C=O) groups excluding carboxylic acids is 1. The average molecular weight is 228 g/mol. The summed E-state index contributed by atoms with van der Waals surface area (Å²) >= 11 is 1.95. The molecule has 1 N–H and O–H groups in total. The van der Waals surface area contributed by atoms with Gasteiger partial charge >= 0.3 is 0 Å². The van der Waals surface area contributed by atoms with Gasteiger partial charge in [0.15, 0.2) is 0 Å². The average Bonchev–Trinajstić information content (AvgIpc) is 2.90. The molecule has 0 radical (unpaired) electrons. The van der Waals surface area contributed by atoms with E-state index in [-0.39, 0.29) is 5.91 Å². The second kappa shape index (κ2) is 5.21. The van der Waals surface area contributed by atoms with Gasteiger partial charge in [0.05, 0.1) is 6.54 Å². The van der Waals surface area contributed by atoms with Crippen LogP contribution >= 0.6 is 11.8 Å². The third kappa shape index (κ3) is 3.38. The highest BCUT2D eigenvalue weighted by molar-refractivity contribution is 7.99. The Morgan fingerprint density at radius 2 is 2.27 bits per heavy atom. The molecular weight excluding hydrogens is 208 g/mol. The van der Waals surface area contributed by atoms with Gasteiger partial charge < -0.3 is 10.2 Å². The molecule has 3 nitrogen and oxygen atoms in total. The van der Waals surface area contributed by atoms with E-state index >= 15 is 0 Å². The van der Waals surface area contributed by atoms with Crippen LogP contribution in [0.2, 0.25) is 0 Å². The number of amides is 1. The van der Waals surface area contributed by atoms with Crippen molar-refractivity contribution < 1.29 is 4.79 Å². The van der Waals surface area contributed by atoms with E-state index in [4.69, 9.17) is 0 Å². The van der Waals surface area contributed by atoms with Crippen molar-refractivity contribution in [2.45, 2.75) is 25.3 Å². The van der Waals surface area contributed by atoms with E-state index < -0.39 is 0 Å². The summed E-state index contributed by atoms with van der Waals surface area (Å²) in [6.45, 7) is 1.55.